The third-order valence-corrected chi connectivity index (χ3v) is 7.42. The summed E-state index contributed by atoms with van der Waals surface area (Å²) in [7, 11) is 0. The molecule has 188 valence electrons. The molecule has 0 spiro atoms. The molecule has 1 aromatic carbocycles. The minimum Gasteiger partial charge on any atom is -0.478 e. The molecule has 1 aliphatic carbocycles. The second kappa shape index (κ2) is 9.82. The number of nitrogens with zero attached hydrogens (tertiary/aromatic N) is 3. The number of carbonyl (C=O) groups is 1. The van der Waals surface area contributed by atoms with Gasteiger partial charge in [-0.15, -0.1) is 0 Å². The highest BCUT2D eigenvalue weighted by atomic mass is 16.5. The van der Waals surface area contributed by atoms with Gasteiger partial charge in [-0.2, -0.15) is 0 Å². The number of nitrogens with one attached hydrogen (secondary N) is 1. The lowest BCUT2D eigenvalue weighted by molar-refractivity contribution is 0.0694. The molecule has 7 heteroatoms. The van der Waals surface area contributed by atoms with Crippen LogP contribution in [0.2, 0.25) is 0 Å². The van der Waals surface area contributed by atoms with Gasteiger partial charge in [-0.25, -0.2) is 9.78 Å². The summed E-state index contributed by atoms with van der Waals surface area (Å²) in [5.41, 5.74) is 5.18. The summed E-state index contributed by atoms with van der Waals surface area (Å²) in [4.78, 5) is 24.1. The Labute approximate surface area is 212 Å². The van der Waals surface area contributed by atoms with Crippen LogP contribution in [0.3, 0.4) is 0 Å². The topological polar surface area (TPSA) is 81.7 Å². The van der Waals surface area contributed by atoms with Crippen molar-refractivity contribution in [2.24, 2.45) is 5.41 Å². The lowest BCUT2D eigenvalue weighted by Gasteiger charge is -2.39. The lowest BCUT2D eigenvalue weighted by Crippen LogP contribution is -2.47. The fraction of sp³-hybridized carbons (Fsp3) is 0.379. The van der Waals surface area contributed by atoms with Crippen molar-refractivity contribution in [3.8, 4) is 11.5 Å². The molecule has 3 heterocycles. The number of pyridine rings is 1. The number of H-pyrrole nitrogens is 1. The number of ether oxygens (including phenoxy) is 1. The van der Waals surface area contributed by atoms with E-state index < -0.39 is 5.97 Å². The number of allylic oxidation sites excluding steroid dienone is 2. The third-order valence-electron chi connectivity index (χ3n) is 7.42. The lowest BCUT2D eigenvalue weighted by atomic mass is 9.74. The van der Waals surface area contributed by atoms with Gasteiger partial charge in [0, 0.05) is 56.1 Å². The molecule has 36 heavy (non-hydrogen) atoms. The Morgan fingerprint density at radius 3 is 2.78 bits per heavy atom. The number of aromatic amines is 1. The predicted octanol–water partition coefficient (Wildman–Crippen LogP) is 5.87. The summed E-state index contributed by atoms with van der Waals surface area (Å²) < 4.78 is 6.03. The average Bonchev–Trinajstić information content (AvgIpc) is 3.33. The molecule has 0 saturated carbocycles. The van der Waals surface area contributed by atoms with Crippen LogP contribution in [0.4, 0.5) is 5.69 Å². The molecule has 1 aliphatic heterocycles. The van der Waals surface area contributed by atoms with Crippen LogP contribution < -0.4 is 9.64 Å². The highest BCUT2D eigenvalue weighted by molar-refractivity contribution is 5.92. The Morgan fingerprint density at radius 1 is 1.22 bits per heavy atom. The first kappa shape index (κ1) is 24.1. The smallest absolute Gasteiger partial charge is 0.339 e. The Hall–Kier alpha value is -3.58. The van der Waals surface area contributed by atoms with Crippen molar-refractivity contribution >= 4 is 22.7 Å². The molecule has 0 atom stereocenters. The number of hydrogen-bond donors (Lipinski definition) is 2. The van der Waals surface area contributed by atoms with Crippen molar-refractivity contribution in [3.05, 3.63) is 72.1 Å². The van der Waals surface area contributed by atoms with Crippen LogP contribution in [0.25, 0.3) is 11.0 Å². The van der Waals surface area contributed by atoms with E-state index in [2.05, 4.69) is 46.3 Å². The standard InChI is InChI=1S/C29H34N4O3/c1-4-20-17-29(2,3)9-7-22(20)19-32-11-13-33(14-12-32)23-5-6-25(28(34)35)26(16-23)36-24-15-21-8-10-30-27(21)31-18-24/h4-6,8,10,15-16,18H,1,7,9,11-14,17,19H2,2-3H3,(H,30,31)(H,34,35). The van der Waals surface area contributed by atoms with E-state index in [1.807, 2.05) is 30.5 Å². The molecule has 2 N–H and O–H groups in total. The Morgan fingerprint density at radius 2 is 2.03 bits per heavy atom. The highest BCUT2D eigenvalue weighted by Gasteiger charge is 2.27. The number of hydrogen-bond acceptors (Lipinski definition) is 5. The summed E-state index contributed by atoms with van der Waals surface area (Å²) in [5, 5.41) is 10.6. The van der Waals surface area contributed by atoms with Crippen molar-refractivity contribution < 1.29 is 14.6 Å². The SMILES string of the molecule is C=CC1=C(CN2CCN(c3ccc(C(=O)O)c(Oc4cnc5[nH]ccc5c4)c3)CC2)CCC(C)(C)C1. The maximum absolute atomic E-state index is 11.9. The minimum absolute atomic E-state index is 0.135. The van der Waals surface area contributed by atoms with Gasteiger partial charge in [0.2, 0.25) is 0 Å². The van der Waals surface area contributed by atoms with Gasteiger partial charge >= 0.3 is 5.97 Å². The maximum atomic E-state index is 11.9. The highest BCUT2D eigenvalue weighted by Crippen LogP contribution is 2.39. The molecular formula is C29H34N4O3. The largest absolute Gasteiger partial charge is 0.478 e. The molecule has 0 amide bonds. The Balaban J connectivity index is 1.28. The number of anilines is 1. The molecule has 5 rings (SSSR count). The zero-order valence-corrected chi connectivity index (χ0v) is 21.1. The fourth-order valence-electron chi connectivity index (χ4n) is 5.28. The van der Waals surface area contributed by atoms with Crippen molar-refractivity contribution in [2.75, 3.05) is 37.6 Å². The van der Waals surface area contributed by atoms with E-state index in [1.54, 1.807) is 12.3 Å². The average molecular weight is 487 g/mol. The number of aromatic carboxylic acids is 1. The van der Waals surface area contributed by atoms with E-state index in [9.17, 15) is 9.90 Å². The first-order chi connectivity index (χ1) is 17.3. The summed E-state index contributed by atoms with van der Waals surface area (Å²) in [6.07, 6.45) is 8.96. The van der Waals surface area contributed by atoms with Gasteiger partial charge in [-0.3, -0.25) is 4.90 Å². The molecular weight excluding hydrogens is 452 g/mol. The molecule has 0 unspecified atom stereocenters. The molecule has 3 aromatic rings. The number of fused-ring (bicyclic) bond motifs is 1. The van der Waals surface area contributed by atoms with Crippen molar-refractivity contribution in [1.82, 2.24) is 14.9 Å². The van der Waals surface area contributed by atoms with E-state index in [0.29, 0.717) is 16.9 Å². The van der Waals surface area contributed by atoms with Gasteiger partial charge in [0.1, 0.15) is 22.7 Å². The van der Waals surface area contributed by atoms with Crippen molar-refractivity contribution in [3.63, 3.8) is 0 Å². The summed E-state index contributed by atoms with van der Waals surface area (Å²) in [6.45, 7) is 13.4. The van der Waals surface area contributed by atoms with Gasteiger partial charge in [0.15, 0.2) is 0 Å². The first-order valence-corrected chi connectivity index (χ1v) is 12.6. The maximum Gasteiger partial charge on any atom is 0.339 e. The van der Waals surface area contributed by atoms with E-state index >= 15 is 0 Å². The van der Waals surface area contributed by atoms with Gasteiger partial charge in [0.25, 0.3) is 0 Å². The second-order valence-corrected chi connectivity index (χ2v) is 10.6. The van der Waals surface area contributed by atoms with Gasteiger partial charge < -0.3 is 19.7 Å². The molecule has 0 radical (unpaired) electrons. The van der Waals surface area contributed by atoms with Crippen LogP contribution in [0.5, 0.6) is 11.5 Å². The van der Waals surface area contributed by atoms with Crippen LogP contribution in [0.15, 0.2) is 66.5 Å². The van der Waals surface area contributed by atoms with Gasteiger partial charge in [0.05, 0.1) is 6.20 Å². The molecule has 0 bridgehead atoms. The van der Waals surface area contributed by atoms with E-state index in [0.717, 1.165) is 62.3 Å². The summed E-state index contributed by atoms with van der Waals surface area (Å²) in [5.74, 6) is -0.183. The second-order valence-electron chi connectivity index (χ2n) is 10.6. The monoisotopic (exact) mass is 486 g/mol. The molecule has 2 aliphatic rings. The molecule has 7 nitrogen and oxygen atoms in total. The normalized spacial score (nSPS) is 18.4. The summed E-state index contributed by atoms with van der Waals surface area (Å²) in [6, 6.07) is 9.11. The number of carboxylic acid groups (broad SMARTS) is 1. The van der Waals surface area contributed by atoms with Gasteiger partial charge in [-0.1, -0.05) is 32.1 Å². The predicted molar refractivity (Wildman–Crippen MR) is 143 cm³/mol. The fourth-order valence-corrected chi connectivity index (χ4v) is 5.28. The van der Waals surface area contributed by atoms with Crippen molar-refractivity contribution in [1.29, 1.82) is 0 Å². The van der Waals surface area contributed by atoms with Crippen LogP contribution in [-0.2, 0) is 0 Å². The van der Waals surface area contributed by atoms with E-state index in [4.69, 9.17) is 4.74 Å². The number of benzene rings is 1. The number of rotatable bonds is 7. The van der Waals surface area contributed by atoms with Crippen LogP contribution in [0.1, 0.15) is 43.5 Å². The zero-order valence-electron chi connectivity index (χ0n) is 21.1. The van der Waals surface area contributed by atoms with Crippen molar-refractivity contribution in [2.45, 2.75) is 33.1 Å². The number of carboxylic acids is 1. The minimum atomic E-state index is -1.01. The molecule has 2 aromatic heterocycles. The first-order valence-electron chi connectivity index (χ1n) is 12.6. The quantitative estimate of drug-likeness (QED) is 0.435. The molecule has 1 fully saturated rings. The zero-order chi connectivity index (χ0) is 25.3. The summed E-state index contributed by atoms with van der Waals surface area (Å²) >= 11 is 0. The third kappa shape index (κ3) is 5.16. The molecule has 1 saturated heterocycles. The number of aromatic nitrogens is 2. The number of piperazine rings is 1. The van der Waals surface area contributed by atoms with Crippen LogP contribution in [0, 0.1) is 5.41 Å². The van der Waals surface area contributed by atoms with Crippen LogP contribution >= 0.6 is 0 Å². The Bertz CT molecular complexity index is 1320. The van der Waals surface area contributed by atoms with Crippen LogP contribution in [-0.4, -0.2) is 58.7 Å². The van der Waals surface area contributed by atoms with E-state index in [1.165, 1.54) is 17.6 Å². The Kier molecular flexibility index (Phi) is 6.58. The van der Waals surface area contributed by atoms with E-state index in [-0.39, 0.29) is 5.56 Å². The van der Waals surface area contributed by atoms with Gasteiger partial charge in [-0.05, 0) is 54.5 Å².